The lowest BCUT2D eigenvalue weighted by Crippen LogP contribution is -2.35. The zero-order chi connectivity index (χ0) is 13.3. The first-order chi connectivity index (χ1) is 8.54. The number of ether oxygens (including phenoxy) is 1. The average molecular weight is 257 g/mol. The number of aromatic nitrogens is 2. The minimum absolute atomic E-state index is 0.0659. The maximum atomic E-state index is 11.6. The fraction of sp³-hybridized carbons (Fsp3) is 0.600. The van der Waals surface area contributed by atoms with Gasteiger partial charge in [0.05, 0.1) is 6.10 Å². The van der Waals surface area contributed by atoms with Gasteiger partial charge < -0.3 is 25.8 Å². The van der Waals surface area contributed by atoms with Gasteiger partial charge in [-0.05, 0) is 12.5 Å². The molecule has 0 radical (unpaired) electrons. The van der Waals surface area contributed by atoms with Crippen molar-refractivity contribution in [2.24, 2.45) is 0 Å². The van der Waals surface area contributed by atoms with E-state index < -0.39 is 30.2 Å². The van der Waals surface area contributed by atoms with E-state index in [1.807, 2.05) is 0 Å². The van der Waals surface area contributed by atoms with Crippen molar-refractivity contribution in [2.75, 3.05) is 12.3 Å². The number of aliphatic hydroxyl groups excluding tert-OH is 3. The molecule has 2 rings (SSSR count). The summed E-state index contributed by atoms with van der Waals surface area (Å²) < 4.78 is 6.41. The number of hydrogen-bond acceptors (Lipinski definition) is 7. The molecular formula is C10H15N3O5. The van der Waals surface area contributed by atoms with Gasteiger partial charge in [0.1, 0.15) is 18.0 Å². The molecule has 1 aromatic rings. The molecule has 2 heterocycles. The van der Waals surface area contributed by atoms with Crippen LogP contribution in [0.4, 0.5) is 5.82 Å². The Bertz CT molecular complexity index is 477. The van der Waals surface area contributed by atoms with Crippen molar-refractivity contribution < 1.29 is 20.1 Å². The molecule has 0 aliphatic carbocycles. The zero-order valence-corrected chi connectivity index (χ0v) is 9.51. The summed E-state index contributed by atoms with van der Waals surface area (Å²) in [6, 6.07) is 1.39. The Hall–Kier alpha value is -1.48. The monoisotopic (exact) mass is 257 g/mol. The van der Waals surface area contributed by atoms with Gasteiger partial charge in [0.25, 0.3) is 0 Å². The molecule has 0 bridgehead atoms. The smallest absolute Gasteiger partial charge is 0.351 e. The summed E-state index contributed by atoms with van der Waals surface area (Å²) >= 11 is 0. The number of nitrogens with zero attached hydrogens (tertiary/aromatic N) is 2. The summed E-state index contributed by atoms with van der Waals surface area (Å²) in [5.41, 5.74) is 4.68. The quantitative estimate of drug-likeness (QED) is 0.484. The van der Waals surface area contributed by atoms with Crippen LogP contribution in [0.25, 0.3) is 0 Å². The van der Waals surface area contributed by atoms with Crippen molar-refractivity contribution in [3.05, 3.63) is 22.7 Å². The normalized spacial score (nSPS) is 31.7. The van der Waals surface area contributed by atoms with Gasteiger partial charge in [0.15, 0.2) is 6.23 Å². The molecule has 8 heteroatoms. The van der Waals surface area contributed by atoms with E-state index in [4.69, 9.17) is 15.6 Å². The molecule has 1 fully saturated rings. The molecular weight excluding hydrogens is 242 g/mol. The van der Waals surface area contributed by atoms with Crippen LogP contribution in [-0.2, 0) is 4.74 Å². The van der Waals surface area contributed by atoms with Crippen molar-refractivity contribution in [1.82, 2.24) is 9.55 Å². The van der Waals surface area contributed by atoms with Crippen LogP contribution < -0.4 is 11.4 Å². The highest BCUT2D eigenvalue weighted by Gasteiger charge is 2.43. The van der Waals surface area contributed by atoms with E-state index in [1.54, 1.807) is 0 Å². The third kappa shape index (κ3) is 2.23. The number of nitrogens with two attached hydrogens (primary N) is 1. The molecule has 1 aliphatic heterocycles. The Morgan fingerprint density at radius 1 is 1.44 bits per heavy atom. The predicted molar refractivity (Wildman–Crippen MR) is 60.5 cm³/mol. The summed E-state index contributed by atoms with van der Waals surface area (Å²) in [6.45, 7) is -0.184. The van der Waals surface area contributed by atoms with Gasteiger partial charge in [-0.25, -0.2) is 4.79 Å². The number of anilines is 1. The van der Waals surface area contributed by atoms with E-state index in [0.29, 0.717) is 0 Å². The number of rotatable bonds is 3. The second-order valence-corrected chi connectivity index (χ2v) is 4.10. The number of aliphatic hydroxyl groups is 3. The van der Waals surface area contributed by atoms with E-state index in [-0.39, 0.29) is 18.8 Å². The number of hydrogen-bond donors (Lipinski definition) is 4. The molecule has 1 aromatic heterocycles. The third-order valence-corrected chi connectivity index (χ3v) is 2.88. The van der Waals surface area contributed by atoms with Gasteiger partial charge >= 0.3 is 5.69 Å². The summed E-state index contributed by atoms with van der Waals surface area (Å²) in [4.78, 5) is 15.1. The topological polar surface area (TPSA) is 131 Å². The van der Waals surface area contributed by atoms with Crippen molar-refractivity contribution in [1.29, 1.82) is 0 Å². The molecule has 0 unspecified atom stereocenters. The van der Waals surface area contributed by atoms with Crippen LogP contribution in [0.1, 0.15) is 12.6 Å². The van der Waals surface area contributed by atoms with Crippen molar-refractivity contribution in [3.8, 4) is 0 Å². The van der Waals surface area contributed by atoms with Gasteiger partial charge in [-0.3, -0.25) is 4.57 Å². The first kappa shape index (κ1) is 13.0. The van der Waals surface area contributed by atoms with Crippen molar-refractivity contribution in [2.45, 2.75) is 31.0 Å². The summed E-state index contributed by atoms with van der Waals surface area (Å²) in [5.74, 6) is 0.0659. The largest absolute Gasteiger partial charge is 0.396 e. The molecule has 18 heavy (non-hydrogen) atoms. The van der Waals surface area contributed by atoms with E-state index in [0.717, 1.165) is 4.57 Å². The minimum atomic E-state index is -1.26. The zero-order valence-electron chi connectivity index (χ0n) is 9.51. The highest BCUT2D eigenvalue weighted by atomic mass is 16.6. The second kappa shape index (κ2) is 5.02. The average Bonchev–Trinajstić information content (AvgIpc) is 2.58. The van der Waals surface area contributed by atoms with Crippen LogP contribution in [0, 0.1) is 0 Å². The van der Waals surface area contributed by atoms with Gasteiger partial charge in [-0.15, -0.1) is 0 Å². The van der Waals surface area contributed by atoms with E-state index in [9.17, 15) is 15.0 Å². The standard InChI is InChI=1S/C10H15N3O5/c11-6-1-3-13(10(17)12-6)9-8(16)7(15)5(18-9)2-4-14/h1,3,5,7-9,14-16H,2,4H2,(H2,11,12,17)/t5-,7-,8+,9-/m1/s1. The highest BCUT2D eigenvalue weighted by Crippen LogP contribution is 2.29. The SMILES string of the molecule is Nc1ccn([C@@H]2O[C@H](CCO)[C@@H](O)[C@@H]2O)c(=O)n1. The second-order valence-electron chi connectivity index (χ2n) is 4.10. The molecule has 0 amide bonds. The lowest BCUT2D eigenvalue weighted by molar-refractivity contribution is -0.0450. The third-order valence-electron chi connectivity index (χ3n) is 2.88. The Balaban J connectivity index is 2.26. The maximum Gasteiger partial charge on any atom is 0.351 e. The van der Waals surface area contributed by atoms with Gasteiger partial charge in [-0.1, -0.05) is 0 Å². The Morgan fingerprint density at radius 3 is 2.78 bits per heavy atom. The fourth-order valence-electron chi connectivity index (χ4n) is 1.94. The predicted octanol–water partition coefficient (Wildman–Crippen LogP) is -2.17. The molecule has 8 nitrogen and oxygen atoms in total. The molecule has 0 spiro atoms. The van der Waals surface area contributed by atoms with Gasteiger partial charge in [0, 0.05) is 12.8 Å². The molecule has 4 atom stereocenters. The molecule has 100 valence electrons. The molecule has 0 saturated carbocycles. The Morgan fingerprint density at radius 2 is 2.17 bits per heavy atom. The Labute approximate surface area is 102 Å². The van der Waals surface area contributed by atoms with Crippen molar-refractivity contribution >= 4 is 5.82 Å². The van der Waals surface area contributed by atoms with Crippen LogP contribution in [-0.4, -0.2) is 49.8 Å². The maximum absolute atomic E-state index is 11.6. The van der Waals surface area contributed by atoms with E-state index in [2.05, 4.69) is 4.98 Å². The minimum Gasteiger partial charge on any atom is -0.396 e. The van der Waals surface area contributed by atoms with E-state index in [1.165, 1.54) is 12.3 Å². The van der Waals surface area contributed by atoms with Crippen LogP contribution in [0.2, 0.25) is 0 Å². The van der Waals surface area contributed by atoms with Crippen LogP contribution in [0.5, 0.6) is 0 Å². The molecule has 0 aromatic carbocycles. The van der Waals surface area contributed by atoms with Crippen LogP contribution in [0.15, 0.2) is 17.1 Å². The molecule has 1 aliphatic rings. The summed E-state index contributed by atoms with van der Waals surface area (Å²) in [5, 5.41) is 28.4. The molecule has 5 N–H and O–H groups in total. The van der Waals surface area contributed by atoms with Gasteiger partial charge in [-0.2, -0.15) is 4.98 Å². The van der Waals surface area contributed by atoms with Gasteiger partial charge in [0.2, 0.25) is 0 Å². The molecule has 1 saturated heterocycles. The highest BCUT2D eigenvalue weighted by molar-refractivity contribution is 5.23. The Kier molecular flexibility index (Phi) is 3.62. The summed E-state index contributed by atoms with van der Waals surface area (Å²) in [7, 11) is 0. The fourth-order valence-corrected chi connectivity index (χ4v) is 1.94. The van der Waals surface area contributed by atoms with Crippen molar-refractivity contribution in [3.63, 3.8) is 0 Å². The lowest BCUT2D eigenvalue weighted by Gasteiger charge is -2.16. The van der Waals surface area contributed by atoms with Crippen LogP contribution >= 0.6 is 0 Å². The summed E-state index contributed by atoms with van der Waals surface area (Å²) in [6.07, 6.45) is -2.66. The van der Waals surface area contributed by atoms with E-state index >= 15 is 0 Å². The lowest BCUT2D eigenvalue weighted by atomic mass is 10.1. The first-order valence-electron chi connectivity index (χ1n) is 5.51. The number of nitrogen functional groups attached to an aromatic ring is 1. The first-order valence-corrected chi connectivity index (χ1v) is 5.51. The van der Waals surface area contributed by atoms with Crippen LogP contribution in [0.3, 0.4) is 0 Å².